The van der Waals surface area contributed by atoms with E-state index < -0.39 is 0 Å². The zero-order valence-electron chi connectivity index (χ0n) is 11.8. The van der Waals surface area contributed by atoms with Gasteiger partial charge in [0.05, 0.1) is 7.05 Å². The van der Waals surface area contributed by atoms with Crippen LogP contribution in [0, 0.1) is 17.3 Å². The molecule has 1 fully saturated rings. The van der Waals surface area contributed by atoms with Gasteiger partial charge in [0.1, 0.15) is 0 Å². The molecule has 0 aromatic carbocycles. The first-order valence-corrected chi connectivity index (χ1v) is 6.97. The molecule has 18 heavy (non-hydrogen) atoms. The summed E-state index contributed by atoms with van der Waals surface area (Å²) in [6.45, 7) is 5.38. The molecule has 0 atom stereocenters. The fourth-order valence-corrected chi connectivity index (χ4v) is 3.10. The van der Waals surface area contributed by atoms with Crippen LogP contribution in [0.15, 0.2) is 0 Å². The van der Waals surface area contributed by atoms with Crippen LogP contribution < -0.4 is 5.73 Å². The van der Waals surface area contributed by atoms with Crippen LogP contribution in [0.5, 0.6) is 0 Å². The second-order valence-corrected chi connectivity index (χ2v) is 6.16. The maximum atomic E-state index is 6.03. The van der Waals surface area contributed by atoms with E-state index in [4.69, 9.17) is 5.73 Å². The molecular formula is C13H25N5. The Balaban J connectivity index is 2.00. The van der Waals surface area contributed by atoms with Gasteiger partial charge in [0.15, 0.2) is 5.82 Å². The van der Waals surface area contributed by atoms with Gasteiger partial charge in [-0.25, -0.2) is 0 Å². The van der Waals surface area contributed by atoms with E-state index in [2.05, 4.69) is 29.3 Å². The first kappa shape index (κ1) is 13.5. The van der Waals surface area contributed by atoms with Gasteiger partial charge in [-0.15, -0.1) is 10.2 Å². The van der Waals surface area contributed by atoms with Crippen molar-refractivity contribution in [2.45, 2.75) is 46.0 Å². The standard InChI is InChI=1S/C13H25N5/c1-10(2)11-4-6-13(9-14,7-5-11)8-12-15-17-18(3)16-12/h10-11H,4-9,14H2,1-3H3. The number of nitrogens with zero attached hydrogens (tertiary/aromatic N) is 4. The van der Waals surface area contributed by atoms with E-state index in [-0.39, 0.29) is 5.41 Å². The van der Waals surface area contributed by atoms with E-state index in [0.717, 1.165) is 30.6 Å². The molecule has 1 aliphatic carbocycles. The molecule has 1 aromatic heterocycles. The smallest absolute Gasteiger partial charge is 0.175 e. The lowest BCUT2D eigenvalue weighted by molar-refractivity contribution is 0.130. The fraction of sp³-hybridized carbons (Fsp3) is 0.923. The Hall–Kier alpha value is -0.970. The van der Waals surface area contributed by atoms with Gasteiger partial charge in [0, 0.05) is 6.42 Å². The zero-order valence-corrected chi connectivity index (χ0v) is 11.8. The van der Waals surface area contributed by atoms with Gasteiger partial charge < -0.3 is 5.73 Å². The molecule has 0 bridgehead atoms. The predicted octanol–water partition coefficient (Wildman–Crippen LogP) is 1.54. The second-order valence-electron chi connectivity index (χ2n) is 6.16. The van der Waals surface area contributed by atoms with Gasteiger partial charge in [-0.2, -0.15) is 4.80 Å². The van der Waals surface area contributed by atoms with Crippen molar-refractivity contribution >= 4 is 0 Å². The van der Waals surface area contributed by atoms with E-state index >= 15 is 0 Å². The molecule has 2 N–H and O–H groups in total. The highest BCUT2D eigenvalue weighted by atomic mass is 15.6. The summed E-state index contributed by atoms with van der Waals surface area (Å²) in [5.74, 6) is 2.49. The van der Waals surface area contributed by atoms with Crippen molar-refractivity contribution in [2.24, 2.45) is 30.0 Å². The van der Waals surface area contributed by atoms with Crippen molar-refractivity contribution in [3.05, 3.63) is 5.82 Å². The Morgan fingerprint density at radius 2 is 2.06 bits per heavy atom. The summed E-state index contributed by atoms with van der Waals surface area (Å²) >= 11 is 0. The van der Waals surface area contributed by atoms with Crippen LogP contribution in [0.3, 0.4) is 0 Å². The molecular weight excluding hydrogens is 226 g/mol. The van der Waals surface area contributed by atoms with Crippen molar-refractivity contribution in [1.82, 2.24) is 20.2 Å². The third-order valence-corrected chi connectivity index (χ3v) is 4.55. The van der Waals surface area contributed by atoms with Crippen LogP contribution in [0.1, 0.15) is 45.4 Å². The topological polar surface area (TPSA) is 69.6 Å². The Kier molecular flexibility index (Phi) is 4.00. The van der Waals surface area contributed by atoms with Gasteiger partial charge in [0.2, 0.25) is 0 Å². The molecule has 1 aromatic rings. The van der Waals surface area contributed by atoms with E-state index in [0.29, 0.717) is 0 Å². The van der Waals surface area contributed by atoms with Crippen molar-refractivity contribution in [1.29, 1.82) is 0 Å². The fourth-order valence-electron chi connectivity index (χ4n) is 3.10. The summed E-state index contributed by atoms with van der Waals surface area (Å²) in [6.07, 6.45) is 5.85. The molecule has 0 unspecified atom stereocenters. The Bertz CT molecular complexity index is 376. The van der Waals surface area contributed by atoms with Crippen LogP contribution in [0.4, 0.5) is 0 Å². The van der Waals surface area contributed by atoms with Crippen molar-refractivity contribution < 1.29 is 0 Å². The Morgan fingerprint density at radius 1 is 1.39 bits per heavy atom. The Labute approximate surface area is 109 Å². The van der Waals surface area contributed by atoms with Crippen LogP contribution in [0.25, 0.3) is 0 Å². The maximum absolute atomic E-state index is 6.03. The van der Waals surface area contributed by atoms with Crippen molar-refractivity contribution in [3.63, 3.8) is 0 Å². The summed E-state index contributed by atoms with van der Waals surface area (Å²) in [7, 11) is 1.81. The average molecular weight is 251 g/mol. The number of hydrogen-bond donors (Lipinski definition) is 1. The van der Waals surface area contributed by atoms with Gasteiger partial charge in [0.25, 0.3) is 0 Å². The zero-order chi connectivity index (χ0) is 13.2. The molecule has 5 nitrogen and oxygen atoms in total. The number of rotatable bonds is 4. The number of aromatic nitrogens is 4. The van der Waals surface area contributed by atoms with E-state index in [9.17, 15) is 0 Å². The van der Waals surface area contributed by atoms with E-state index in [1.807, 2.05) is 0 Å². The first-order chi connectivity index (χ1) is 8.54. The predicted molar refractivity (Wildman–Crippen MR) is 70.8 cm³/mol. The van der Waals surface area contributed by atoms with Crippen LogP contribution >= 0.6 is 0 Å². The number of nitrogens with two attached hydrogens (primary N) is 1. The summed E-state index contributed by atoms with van der Waals surface area (Å²) in [5.41, 5.74) is 6.23. The summed E-state index contributed by atoms with van der Waals surface area (Å²) in [4.78, 5) is 1.53. The number of hydrogen-bond acceptors (Lipinski definition) is 4. The van der Waals surface area contributed by atoms with Crippen LogP contribution in [-0.2, 0) is 13.5 Å². The largest absolute Gasteiger partial charge is 0.330 e. The SMILES string of the molecule is CC(C)C1CCC(CN)(Cc2nnn(C)n2)CC1. The summed E-state index contributed by atoms with van der Waals surface area (Å²) < 4.78 is 0. The highest BCUT2D eigenvalue weighted by molar-refractivity contribution is 4.94. The number of aryl methyl sites for hydroxylation is 1. The normalized spacial score (nSPS) is 28.8. The molecule has 0 amide bonds. The van der Waals surface area contributed by atoms with Gasteiger partial charge in [-0.05, 0) is 54.7 Å². The molecule has 1 saturated carbocycles. The van der Waals surface area contributed by atoms with Crippen LogP contribution in [-0.4, -0.2) is 26.8 Å². The molecule has 2 rings (SSSR count). The quantitative estimate of drug-likeness (QED) is 0.881. The van der Waals surface area contributed by atoms with Gasteiger partial charge in [-0.3, -0.25) is 0 Å². The molecule has 1 aliphatic rings. The van der Waals surface area contributed by atoms with Crippen LogP contribution in [0.2, 0.25) is 0 Å². The van der Waals surface area contributed by atoms with Gasteiger partial charge >= 0.3 is 0 Å². The highest BCUT2D eigenvalue weighted by Crippen LogP contribution is 2.42. The lowest BCUT2D eigenvalue weighted by Crippen LogP contribution is -2.38. The lowest BCUT2D eigenvalue weighted by atomic mass is 9.66. The summed E-state index contributed by atoms with van der Waals surface area (Å²) in [6, 6.07) is 0. The minimum absolute atomic E-state index is 0.203. The van der Waals surface area contributed by atoms with E-state index in [1.165, 1.54) is 30.5 Å². The molecule has 5 heteroatoms. The third kappa shape index (κ3) is 2.88. The molecule has 0 saturated heterocycles. The Morgan fingerprint density at radius 3 is 2.50 bits per heavy atom. The van der Waals surface area contributed by atoms with E-state index in [1.54, 1.807) is 7.05 Å². The molecule has 102 valence electrons. The van der Waals surface area contributed by atoms with Gasteiger partial charge in [-0.1, -0.05) is 13.8 Å². The first-order valence-electron chi connectivity index (χ1n) is 6.97. The maximum Gasteiger partial charge on any atom is 0.175 e. The third-order valence-electron chi connectivity index (χ3n) is 4.55. The minimum Gasteiger partial charge on any atom is -0.330 e. The molecule has 0 aliphatic heterocycles. The molecule has 1 heterocycles. The van der Waals surface area contributed by atoms with Crippen molar-refractivity contribution in [3.8, 4) is 0 Å². The average Bonchev–Trinajstić information content (AvgIpc) is 2.75. The lowest BCUT2D eigenvalue weighted by Gasteiger charge is -2.40. The highest BCUT2D eigenvalue weighted by Gasteiger charge is 2.36. The molecule has 0 radical (unpaired) electrons. The van der Waals surface area contributed by atoms with Crippen molar-refractivity contribution in [2.75, 3.05) is 6.54 Å². The second kappa shape index (κ2) is 5.34. The minimum atomic E-state index is 0.203. The summed E-state index contributed by atoms with van der Waals surface area (Å²) in [5, 5.41) is 12.3. The molecule has 0 spiro atoms. The monoisotopic (exact) mass is 251 g/mol. The number of tetrazole rings is 1.